The quantitative estimate of drug-likeness (QED) is 0.0979. The third-order valence-corrected chi connectivity index (χ3v) is 5.73. The highest BCUT2D eigenvalue weighted by atomic mass is 16.6. The van der Waals surface area contributed by atoms with Crippen molar-refractivity contribution in [2.75, 3.05) is 172 Å². The number of likely N-dealkylation sites (N-methyl/N-ethyl adjacent to an activating group) is 1. The van der Waals surface area contributed by atoms with Gasteiger partial charge in [-0.3, -0.25) is 0 Å². The largest absolute Gasteiger partial charge is 0.379 e. The van der Waals surface area contributed by atoms with Gasteiger partial charge in [-0.2, -0.15) is 0 Å². The second-order valence-corrected chi connectivity index (χ2v) is 9.51. The van der Waals surface area contributed by atoms with E-state index in [1.54, 1.807) is 0 Å². The average molecular weight is 644 g/mol. The van der Waals surface area contributed by atoms with Gasteiger partial charge in [0, 0.05) is 13.2 Å². The van der Waals surface area contributed by atoms with Crippen LogP contribution in [0.4, 0.5) is 0 Å². The van der Waals surface area contributed by atoms with Gasteiger partial charge in [0.15, 0.2) is 0 Å². The maximum atomic E-state index is 5.53. The molecule has 0 heterocycles. The van der Waals surface area contributed by atoms with E-state index in [-0.39, 0.29) is 0 Å². The molecule has 0 bridgehead atoms. The van der Waals surface area contributed by atoms with E-state index < -0.39 is 0 Å². The average Bonchev–Trinajstić information content (AvgIpc) is 3.04. The van der Waals surface area contributed by atoms with E-state index in [2.05, 4.69) is 12.2 Å². The summed E-state index contributed by atoms with van der Waals surface area (Å²) >= 11 is 0. The Bertz CT molecular complexity index is 455. The van der Waals surface area contributed by atoms with E-state index in [4.69, 9.17) is 56.8 Å². The van der Waals surface area contributed by atoms with Crippen LogP contribution in [-0.2, 0) is 56.8 Å². The standard InChI is InChI=1S/C31H65NO12/c1-3-4-5-6-8-33-10-12-35-14-16-37-18-20-39-22-24-41-26-28-43-30-31-44-29-27-42-25-23-40-21-19-38-17-15-36-13-11-34-9-7-32-2/h32H,3-31H2,1-2H3. The Hall–Kier alpha value is -0.520. The summed E-state index contributed by atoms with van der Waals surface area (Å²) in [7, 11) is 1.90. The van der Waals surface area contributed by atoms with Gasteiger partial charge in [-0.05, 0) is 13.5 Å². The highest BCUT2D eigenvalue weighted by Crippen LogP contribution is 1.98. The summed E-state index contributed by atoms with van der Waals surface area (Å²) in [6.45, 7) is 16.6. The maximum Gasteiger partial charge on any atom is 0.0701 e. The molecule has 0 fully saturated rings. The van der Waals surface area contributed by atoms with Crippen molar-refractivity contribution in [3.63, 3.8) is 0 Å². The summed E-state index contributed by atoms with van der Waals surface area (Å²) in [4.78, 5) is 0. The van der Waals surface area contributed by atoms with Gasteiger partial charge in [0.2, 0.25) is 0 Å². The minimum absolute atomic E-state index is 0.519. The van der Waals surface area contributed by atoms with Crippen LogP contribution in [0.25, 0.3) is 0 Å². The molecule has 1 N–H and O–H groups in total. The summed E-state index contributed by atoms with van der Waals surface area (Å²) in [6, 6.07) is 0. The predicted molar refractivity (Wildman–Crippen MR) is 168 cm³/mol. The molecule has 0 aromatic heterocycles. The van der Waals surface area contributed by atoms with Gasteiger partial charge in [0.1, 0.15) is 0 Å². The van der Waals surface area contributed by atoms with Gasteiger partial charge in [-0.1, -0.05) is 26.2 Å². The van der Waals surface area contributed by atoms with Crippen LogP contribution in [-0.4, -0.2) is 172 Å². The van der Waals surface area contributed by atoms with Gasteiger partial charge in [-0.25, -0.2) is 0 Å². The minimum atomic E-state index is 0.519. The normalized spacial score (nSPS) is 11.6. The van der Waals surface area contributed by atoms with Crippen LogP contribution in [0.15, 0.2) is 0 Å². The summed E-state index contributed by atoms with van der Waals surface area (Å²) in [5, 5.41) is 3.02. The number of unbranched alkanes of at least 4 members (excludes halogenated alkanes) is 3. The highest BCUT2D eigenvalue weighted by Gasteiger charge is 1.97. The van der Waals surface area contributed by atoms with Crippen LogP contribution >= 0.6 is 0 Å². The number of ether oxygens (including phenoxy) is 12. The van der Waals surface area contributed by atoms with Gasteiger partial charge in [-0.15, -0.1) is 0 Å². The molecule has 0 amide bonds. The molecule has 0 aliphatic carbocycles. The van der Waals surface area contributed by atoms with E-state index in [0.29, 0.717) is 152 Å². The Morgan fingerprint density at radius 1 is 0.273 bits per heavy atom. The lowest BCUT2D eigenvalue weighted by Gasteiger charge is -2.09. The molecule has 44 heavy (non-hydrogen) atoms. The Morgan fingerprint density at radius 2 is 0.500 bits per heavy atom. The van der Waals surface area contributed by atoms with E-state index in [9.17, 15) is 0 Å². The molecule has 0 unspecified atom stereocenters. The van der Waals surface area contributed by atoms with E-state index >= 15 is 0 Å². The zero-order chi connectivity index (χ0) is 31.7. The van der Waals surface area contributed by atoms with Crippen molar-refractivity contribution in [3.05, 3.63) is 0 Å². The van der Waals surface area contributed by atoms with Crippen molar-refractivity contribution < 1.29 is 56.8 Å². The molecule has 0 saturated heterocycles. The molecular weight excluding hydrogens is 578 g/mol. The zero-order valence-corrected chi connectivity index (χ0v) is 27.9. The van der Waals surface area contributed by atoms with E-state index in [1.165, 1.54) is 19.3 Å². The number of hydrogen-bond acceptors (Lipinski definition) is 13. The van der Waals surface area contributed by atoms with Crippen LogP contribution < -0.4 is 5.32 Å². The fourth-order valence-electron chi connectivity index (χ4n) is 3.33. The fourth-order valence-corrected chi connectivity index (χ4v) is 3.33. The number of rotatable bonds is 41. The van der Waals surface area contributed by atoms with E-state index in [0.717, 1.165) is 19.6 Å². The van der Waals surface area contributed by atoms with Crippen molar-refractivity contribution in [2.45, 2.75) is 32.6 Å². The molecule has 0 aromatic carbocycles. The molecule has 13 nitrogen and oxygen atoms in total. The van der Waals surface area contributed by atoms with Crippen molar-refractivity contribution >= 4 is 0 Å². The van der Waals surface area contributed by atoms with Crippen LogP contribution in [0.5, 0.6) is 0 Å². The number of hydrogen-bond donors (Lipinski definition) is 1. The van der Waals surface area contributed by atoms with Gasteiger partial charge in [0.25, 0.3) is 0 Å². The third-order valence-electron chi connectivity index (χ3n) is 5.73. The summed E-state index contributed by atoms with van der Waals surface area (Å²) in [5.74, 6) is 0. The lowest BCUT2D eigenvalue weighted by Crippen LogP contribution is -2.17. The van der Waals surface area contributed by atoms with Gasteiger partial charge in [0.05, 0.1) is 152 Å². The Morgan fingerprint density at radius 3 is 0.727 bits per heavy atom. The SMILES string of the molecule is CCCCCCOCCOCCOCCOCCOCCOCCOCCOCCOCCOCCOCCOCCNC. The summed E-state index contributed by atoms with van der Waals surface area (Å²) < 4.78 is 65.6. The minimum Gasteiger partial charge on any atom is -0.379 e. The third kappa shape index (κ3) is 41.5. The van der Waals surface area contributed by atoms with Crippen LogP contribution in [0, 0.1) is 0 Å². The monoisotopic (exact) mass is 643 g/mol. The highest BCUT2D eigenvalue weighted by molar-refractivity contribution is 4.41. The molecule has 0 atom stereocenters. The molecule has 0 aliphatic heterocycles. The van der Waals surface area contributed by atoms with Gasteiger partial charge < -0.3 is 62.2 Å². The maximum absolute atomic E-state index is 5.53. The van der Waals surface area contributed by atoms with Crippen molar-refractivity contribution in [1.29, 1.82) is 0 Å². The fraction of sp³-hybridized carbons (Fsp3) is 1.00. The molecule has 0 saturated carbocycles. The van der Waals surface area contributed by atoms with Crippen molar-refractivity contribution in [3.8, 4) is 0 Å². The second kappa shape index (κ2) is 42.5. The van der Waals surface area contributed by atoms with Crippen molar-refractivity contribution in [1.82, 2.24) is 5.32 Å². The summed E-state index contributed by atoms with van der Waals surface area (Å²) in [5.41, 5.74) is 0. The molecule has 0 spiro atoms. The van der Waals surface area contributed by atoms with Crippen LogP contribution in [0.3, 0.4) is 0 Å². The molecule has 0 rings (SSSR count). The zero-order valence-electron chi connectivity index (χ0n) is 27.9. The first-order valence-corrected chi connectivity index (χ1v) is 16.5. The molecule has 266 valence electrons. The van der Waals surface area contributed by atoms with Crippen molar-refractivity contribution in [2.24, 2.45) is 0 Å². The number of nitrogens with one attached hydrogen (secondary N) is 1. The topological polar surface area (TPSA) is 123 Å². The summed E-state index contributed by atoms with van der Waals surface area (Å²) in [6.07, 6.45) is 4.90. The van der Waals surface area contributed by atoms with E-state index in [1.807, 2.05) is 7.05 Å². The molecule has 0 aromatic rings. The first-order chi connectivity index (χ1) is 21.9. The molecule has 0 radical (unpaired) electrons. The van der Waals surface area contributed by atoms with Gasteiger partial charge >= 0.3 is 0 Å². The smallest absolute Gasteiger partial charge is 0.0701 e. The second-order valence-electron chi connectivity index (χ2n) is 9.51. The lowest BCUT2D eigenvalue weighted by molar-refractivity contribution is -0.0283. The Labute approximate surface area is 267 Å². The molecular formula is C31H65NO12. The van der Waals surface area contributed by atoms with Crippen LogP contribution in [0.1, 0.15) is 32.6 Å². The Balaban J connectivity index is 3.03. The first kappa shape index (κ1) is 43.5. The predicted octanol–water partition coefficient (Wildman–Crippen LogP) is 1.99. The lowest BCUT2D eigenvalue weighted by atomic mass is 10.2. The van der Waals surface area contributed by atoms with Crippen LogP contribution in [0.2, 0.25) is 0 Å². The molecule has 13 heteroatoms. The molecule has 0 aliphatic rings. The first-order valence-electron chi connectivity index (χ1n) is 16.5. The Kier molecular flexibility index (Phi) is 42.0.